The molecule has 24 heavy (non-hydrogen) atoms. The number of methoxy groups -OCH3 is 1. The number of nitrogens with zero attached hydrogens (tertiary/aromatic N) is 2. The number of hydrogen-bond donors (Lipinski definition) is 1. The van der Waals surface area contributed by atoms with E-state index in [1.165, 1.54) is 0 Å². The van der Waals surface area contributed by atoms with Gasteiger partial charge in [-0.15, -0.1) is 0 Å². The molecule has 1 aromatic rings. The molecule has 128 valence electrons. The molecule has 1 saturated heterocycles. The van der Waals surface area contributed by atoms with E-state index in [1.807, 2.05) is 49.1 Å². The Morgan fingerprint density at radius 1 is 1.38 bits per heavy atom. The molecule has 1 aromatic carbocycles. The van der Waals surface area contributed by atoms with Crippen molar-refractivity contribution in [1.82, 2.24) is 10.2 Å². The van der Waals surface area contributed by atoms with Crippen LogP contribution in [0.2, 0.25) is 0 Å². The summed E-state index contributed by atoms with van der Waals surface area (Å²) in [5.41, 5.74) is 1.04. The fraction of sp³-hybridized carbons (Fsp3) is 0.444. The molecule has 2 unspecified atom stereocenters. The van der Waals surface area contributed by atoms with E-state index >= 15 is 0 Å². The first kappa shape index (κ1) is 17.8. The summed E-state index contributed by atoms with van der Waals surface area (Å²) in [5, 5.41) is 12.0. The molecule has 1 aliphatic heterocycles. The maximum absolute atomic E-state index is 12.2. The first-order valence-electron chi connectivity index (χ1n) is 7.94. The van der Waals surface area contributed by atoms with Crippen molar-refractivity contribution in [1.29, 1.82) is 5.26 Å². The quantitative estimate of drug-likeness (QED) is 0.659. The van der Waals surface area contributed by atoms with Crippen LogP contribution in [-0.2, 0) is 16.1 Å². The van der Waals surface area contributed by atoms with Crippen LogP contribution >= 0.6 is 0 Å². The average Bonchev–Trinajstić information content (AvgIpc) is 2.57. The minimum atomic E-state index is -0.375. The van der Waals surface area contributed by atoms with Crippen LogP contribution in [0, 0.1) is 11.3 Å². The van der Waals surface area contributed by atoms with E-state index < -0.39 is 0 Å². The Kier molecular flexibility index (Phi) is 6.21. The molecule has 0 saturated carbocycles. The molecule has 1 heterocycles. The molecule has 1 N–H and O–H groups in total. The van der Waals surface area contributed by atoms with Gasteiger partial charge in [0.1, 0.15) is 17.4 Å². The van der Waals surface area contributed by atoms with Gasteiger partial charge in [-0.05, 0) is 31.5 Å². The number of nitrogens with one attached hydrogen (secondary N) is 1. The van der Waals surface area contributed by atoms with Gasteiger partial charge in [0, 0.05) is 25.8 Å². The molecular formula is C18H23N3O3. The second-order valence-electron chi connectivity index (χ2n) is 5.90. The SMILES string of the molecule is COc1ccc(CNC(=O)/C(C#N)=C\N2CC(C)OC(C)C2)cc1. The molecule has 0 aliphatic carbocycles. The molecule has 6 heteroatoms. The molecule has 6 nitrogen and oxygen atoms in total. The van der Waals surface area contributed by atoms with E-state index in [-0.39, 0.29) is 23.7 Å². The first-order chi connectivity index (χ1) is 11.5. The summed E-state index contributed by atoms with van der Waals surface area (Å²) in [4.78, 5) is 14.2. The predicted molar refractivity (Wildman–Crippen MR) is 90.1 cm³/mol. The normalized spacial score (nSPS) is 21.1. The molecule has 0 bridgehead atoms. The monoisotopic (exact) mass is 329 g/mol. The lowest BCUT2D eigenvalue weighted by atomic mass is 10.2. The van der Waals surface area contributed by atoms with Crippen molar-refractivity contribution >= 4 is 5.91 Å². The maximum Gasteiger partial charge on any atom is 0.263 e. The van der Waals surface area contributed by atoms with Gasteiger partial charge in [-0.2, -0.15) is 5.26 Å². The number of benzene rings is 1. The van der Waals surface area contributed by atoms with Crippen molar-refractivity contribution in [3.63, 3.8) is 0 Å². The van der Waals surface area contributed by atoms with Crippen LogP contribution in [0.3, 0.4) is 0 Å². The van der Waals surface area contributed by atoms with Crippen LogP contribution in [0.15, 0.2) is 36.0 Å². The molecule has 1 amide bonds. The van der Waals surface area contributed by atoms with Gasteiger partial charge >= 0.3 is 0 Å². The van der Waals surface area contributed by atoms with Crippen LogP contribution in [-0.4, -0.2) is 43.2 Å². The average molecular weight is 329 g/mol. The molecule has 0 radical (unpaired) electrons. The molecule has 0 spiro atoms. The van der Waals surface area contributed by atoms with Gasteiger partial charge in [0.15, 0.2) is 0 Å². The minimum Gasteiger partial charge on any atom is -0.497 e. The fourth-order valence-electron chi connectivity index (χ4n) is 2.66. The zero-order chi connectivity index (χ0) is 17.5. The van der Waals surface area contributed by atoms with Crippen molar-refractivity contribution in [2.45, 2.75) is 32.6 Å². The van der Waals surface area contributed by atoms with Gasteiger partial charge in [-0.25, -0.2) is 0 Å². The van der Waals surface area contributed by atoms with Crippen molar-refractivity contribution in [3.8, 4) is 11.8 Å². The Balaban J connectivity index is 1.95. The zero-order valence-electron chi connectivity index (χ0n) is 14.3. The van der Waals surface area contributed by atoms with Crippen LogP contribution < -0.4 is 10.1 Å². The highest BCUT2D eigenvalue weighted by atomic mass is 16.5. The molecular weight excluding hydrogens is 306 g/mol. The second kappa shape index (κ2) is 8.37. The number of morpholine rings is 1. The summed E-state index contributed by atoms with van der Waals surface area (Å²) < 4.78 is 10.7. The summed E-state index contributed by atoms with van der Waals surface area (Å²) in [6.07, 6.45) is 1.78. The van der Waals surface area contributed by atoms with Crippen molar-refractivity contribution in [3.05, 3.63) is 41.6 Å². The number of hydrogen-bond acceptors (Lipinski definition) is 5. The summed E-state index contributed by atoms with van der Waals surface area (Å²) in [5.74, 6) is 0.387. The van der Waals surface area contributed by atoms with E-state index in [1.54, 1.807) is 13.3 Å². The van der Waals surface area contributed by atoms with Crippen LogP contribution in [0.5, 0.6) is 5.75 Å². The highest BCUT2D eigenvalue weighted by Crippen LogP contribution is 2.13. The van der Waals surface area contributed by atoms with E-state index in [0.29, 0.717) is 19.6 Å². The van der Waals surface area contributed by atoms with E-state index in [0.717, 1.165) is 11.3 Å². The van der Waals surface area contributed by atoms with Crippen LogP contribution in [0.4, 0.5) is 0 Å². The third kappa shape index (κ3) is 5.00. The predicted octanol–water partition coefficient (Wildman–Crippen LogP) is 1.83. The summed E-state index contributed by atoms with van der Waals surface area (Å²) in [6, 6.07) is 9.40. The van der Waals surface area contributed by atoms with Gasteiger partial charge < -0.3 is 19.7 Å². The largest absolute Gasteiger partial charge is 0.497 e. The smallest absolute Gasteiger partial charge is 0.263 e. The Hall–Kier alpha value is -2.52. The van der Waals surface area contributed by atoms with E-state index in [2.05, 4.69) is 5.32 Å². The lowest BCUT2D eigenvalue weighted by molar-refractivity contribution is -0.117. The lowest BCUT2D eigenvalue weighted by Crippen LogP contribution is -2.43. The number of amides is 1. The van der Waals surface area contributed by atoms with Gasteiger partial charge in [0.25, 0.3) is 5.91 Å². The number of ether oxygens (including phenoxy) is 2. The summed E-state index contributed by atoms with van der Waals surface area (Å²) >= 11 is 0. The summed E-state index contributed by atoms with van der Waals surface area (Å²) in [6.45, 7) is 5.65. The van der Waals surface area contributed by atoms with Crippen molar-refractivity contribution in [2.24, 2.45) is 0 Å². The fourth-order valence-corrected chi connectivity index (χ4v) is 2.66. The standard InChI is InChI=1S/C18H23N3O3/c1-13-10-21(11-14(2)24-13)12-16(8-19)18(22)20-9-15-4-6-17(23-3)7-5-15/h4-7,12-14H,9-11H2,1-3H3,(H,20,22)/b16-12-. The molecule has 0 aromatic heterocycles. The van der Waals surface area contributed by atoms with Crippen molar-refractivity contribution in [2.75, 3.05) is 20.2 Å². The third-order valence-corrected chi connectivity index (χ3v) is 3.74. The maximum atomic E-state index is 12.2. The lowest BCUT2D eigenvalue weighted by Gasteiger charge is -2.34. The molecule has 1 aliphatic rings. The molecule has 1 fully saturated rings. The zero-order valence-corrected chi connectivity index (χ0v) is 14.3. The van der Waals surface area contributed by atoms with Crippen LogP contribution in [0.1, 0.15) is 19.4 Å². The molecule has 2 atom stereocenters. The Bertz CT molecular complexity index is 624. The Morgan fingerprint density at radius 3 is 2.54 bits per heavy atom. The highest BCUT2D eigenvalue weighted by Gasteiger charge is 2.21. The number of nitriles is 1. The van der Waals surface area contributed by atoms with Gasteiger partial charge in [0.2, 0.25) is 0 Å². The van der Waals surface area contributed by atoms with Gasteiger partial charge in [-0.3, -0.25) is 4.79 Å². The van der Waals surface area contributed by atoms with Crippen LogP contribution in [0.25, 0.3) is 0 Å². The Labute approximate surface area is 142 Å². The minimum absolute atomic E-state index is 0.0762. The Morgan fingerprint density at radius 2 is 2.00 bits per heavy atom. The first-order valence-corrected chi connectivity index (χ1v) is 7.94. The number of carbonyl (C=O) groups is 1. The number of carbonyl (C=O) groups excluding carboxylic acids is 1. The second-order valence-corrected chi connectivity index (χ2v) is 5.90. The van der Waals surface area contributed by atoms with Gasteiger partial charge in [-0.1, -0.05) is 12.1 Å². The molecule has 2 rings (SSSR count). The topological polar surface area (TPSA) is 74.6 Å². The van der Waals surface area contributed by atoms with Crippen molar-refractivity contribution < 1.29 is 14.3 Å². The third-order valence-electron chi connectivity index (χ3n) is 3.74. The van der Waals surface area contributed by atoms with E-state index in [9.17, 15) is 10.1 Å². The van der Waals surface area contributed by atoms with E-state index in [4.69, 9.17) is 9.47 Å². The highest BCUT2D eigenvalue weighted by molar-refractivity contribution is 5.97. The van der Waals surface area contributed by atoms with Gasteiger partial charge in [0.05, 0.1) is 19.3 Å². The summed E-state index contributed by atoms with van der Waals surface area (Å²) in [7, 11) is 1.61. The number of rotatable bonds is 5.